The van der Waals surface area contributed by atoms with Crippen LogP contribution >= 0.6 is 0 Å². The maximum Gasteiger partial charge on any atom is 0.433 e. The Balaban J connectivity index is 1.37. The van der Waals surface area contributed by atoms with Gasteiger partial charge in [0, 0.05) is 30.6 Å². The number of hydrogen-bond donors (Lipinski definition) is 0. The van der Waals surface area contributed by atoms with Gasteiger partial charge in [-0.2, -0.15) is 13.2 Å². The first-order valence-corrected chi connectivity index (χ1v) is 11.1. The van der Waals surface area contributed by atoms with E-state index >= 15 is 0 Å². The highest BCUT2D eigenvalue weighted by molar-refractivity contribution is 5.49. The van der Waals surface area contributed by atoms with Crippen molar-refractivity contribution < 1.29 is 17.9 Å². The minimum absolute atomic E-state index is 0.0819. The summed E-state index contributed by atoms with van der Waals surface area (Å²) in [4.78, 5) is 11.1. The number of aromatic nitrogens is 4. The van der Waals surface area contributed by atoms with E-state index in [4.69, 9.17) is 9.72 Å². The zero-order valence-corrected chi connectivity index (χ0v) is 18.0. The molecule has 0 aromatic carbocycles. The molecule has 2 aromatic heterocycles. The Bertz CT molecular complexity index is 947. The molecule has 0 N–H and O–H groups in total. The average molecular weight is 435 g/mol. The average Bonchev–Trinajstić information content (AvgIpc) is 3.09. The molecule has 1 saturated heterocycles. The molecule has 31 heavy (non-hydrogen) atoms. The number of ether oxygens (including phenoxy) is 1. The Labute approximate surface area is 179 Å². The fraction of sp³-hybridized carbons (Fsp3) is 0.682. The second-order valence-electron chi connectivity index (χ2n) is 9.38. The Morgan fingerprint density at radius 1 is 1.13 bits per heavy atom. The van der Waals surface area contributed by atoms with Crippen molar-refractivity contribution in [1.29, 1.82) is 0 Å². The van der Waals surface area contributed by atoms with Crippen LogP contribution in [0.5, 0.6) is 0 Å². The number of alkyl halides is 3. The van der Waals surface area contributed by atoms with Crippen LogP contribution in [0.3, 0.4) is 0 Å². The monoisotopic (exact) mass is 435 g/mol. The van der Waals surface area contributed by atoms with E-state index in [-0.39, 0.29) is 17.6 Å². The molecule has 3 fully saturated rings. The van der Waals surface area contributed by atoms with Crippen LogP contribution in [0.25, 0.3) is 11.5 Å². The smallest absolute Gasteiger partial charge is 0.379 e. The highest BCUT2D eigenvalue weighted by atomic mass is 19.4. The summed E-state index contributed by atoms with van der Waals surface area (Å²) in [5, 5.41) is 4.56. The Morgan fingerprint density at radius 2 is 1.87 bits per heavy atom. The molecule has 0 bridgehead atoms. The first-order chi connectivity index (χ1) is 14.7. The molecular formula is C22H28F3N5O. The van der Waals surface area contributed by atoms with Gasteiger partial charge in [-0.25, -0.2) is 14.6 Å². The highest BCUT2D eigenvalue weighted by Gasteiger charge is 2.59. The third-order valence-electron chi connectivity index (χ3n) is 7.02. The van der Waals surface area contributed by atoms with Gasteiger partial charge in [-0.1, -0.05) is 6.07 Å². The molecular weight excluding hydrogens is 407 g/mol. The summed E-state index contributed by atoms with van der Waals surface area (Å²) in [6.45, 7) is 8.86. The van der Waals surface area contributed by atoms with Gasteiger partial charge in [-0.15, -0.1) is 5.10 Å². The van der Waals surface area contributed by atoms with Gasteiger partial charge >= 0.3 is 6.18 Å². The van der Waals surface area contributed by atoms with Crippen molar-refractivity contribution in [3.63, 3.8) is 0 Å². The molecule has 5 atom stereocenters. The molecule has 2 saturated carbocycles. The maximum atomic E-state index is 13.1. The first-order valence-electron chi connectivity index (χ1n) is 11.1. The number of rotatable bonds is 4. The standard InChI is InChI=1S/C22H28F3N5O/c1-12(2)30-21(27-20(28-30)17-5-4-6-18(26-17)22(23,24)25)19-15-9-14(10-16(15)19)29-7-8-31-11-13(29)3/h4-6,12-16,19H,7-11H2,1-3H3/t13-,14?,15-,16+,19?/m1/s1. The van der Waals surface area contributed by atoms with Crippen LogP contribution in [0.4, 0.5) is 13.2 Å². The Morgan fingerprint density at radius 3 is 2.52 bits per heavy atom. The topological polar surface area (TPSA) is 56.1 Å². The summed E-state index contributed by atoms with van der Waals surface area (Å²) in [6.07, 6.45) is -2.21. The van der Waals surface area contributed by atoms with E-state index in [9.17, 15) is 13.2 Å². The van der Waals surface area contributed by atoms with Crippen LogP contribution in [-0.4, -0.2) is 56.5 Å². The van der Waals surface area contributed by atoms with Crippen LogP contribution in [0.2, 0.25) is 0 Å². The van der Waals surface area contributed by atoms with Gasteiger partial charge in [-0.3, -0.25) is 4.90 Å². The van der Waals surface area contributed by atoms with Gasteiger partial charge in [0.15, 0.2) is 5.82 Å². The lowest BCUT2D eigenvalue weighted by molar-refractivity contribution is -0.141. The van der Waals surface area contributed by atoms with Crippen molar-refractivity contribution in [1.82, 2.24) is 24.6 Å². The van der Waals surface area contributed by atoms with Gasteiger partial charge in [0.1, 0.15) is 17.2 Å². The van der Waals surface area contributed by atoms with Crippen molar-refractivity contribution in [2.45, 2.75) is 63.8 Å². The van der Waals surface area contributed by atoms with Crippen LogP contribution < -0.4 is 0 Å². The van der Waals surface area contributed by atoms with Crippen LogP contribution in [0, 0.1) is 11.8 Å². The molecule has 0 spiro atoms. The van der Waals surface area contributed by atoms with Gasteiger partial charge in [0.25, 0.3) is 0 Å². The number of nitrogens with zero attached hydrogens (tertiary/aromatic N) is 5. The Hall–Kier alpha value is -2.00. The number of pyridine rings is 1. The lowest BCUT2D eigenvalue weighted by Crippen LogP contribution is -2.49. The summed E-state index contributed by atoms with van der Waals surface area (Å²) < 4.78 is 46.7. The molecule has 6 nitrogen and oxygen atoms in total. The van der Waals surface area contributed by atoms with E-state index in [1.54, 1.807) is 6.07 Å². The summed E-state index contributed by atoms with van der Waals surface area (Å²) in [7, 11) is 0. The van der Waals surface area contributed by atoms with E-state index in [1.165, 1.54) is 6.07 Å². The minimum Gasteiger partial charge on any atom is -0.379 e. The minimum atomic E-state index is -4.49. The van der Waals surface area contributed by atoms with Gasteiger partial charge in [0.05, 0.1) is 13.2 Å². The number of halogens is 3. The predicted octanol–water partition coefficient (Wildman–Crippen LogP) is 4.15. The van der Waals surface area contributed by atoms with Crippen molar-refractivity contribution in [2.75, 3.05) is 19.8 Å². The summed E-state index contributed by atoms with van der Waals surface area (Å²) in [5.41, 5.74) is -0.750. The fourth-order valence-corrected chi connectivity index (χ4v) is 5.52. The Kier molecular flexibility index (Phi) is 5.08. The van der Waals surface area contributed by atoms with Crippen LogP contribution in [0.1, 0.15) is 57.1 Å². The lowest BCUT2D eigenvalue weighted by atomic mass is 10.0. The second kappa shape index (κ2) is 7.55. The third kappa shape index (κ3) is 3.75. The molecule has 5 rings (SSSR count). The van der Waals surface area contributed by atoms with Gasteiger partial charge in [0.2, 0.25) is 0 Å². The van der Waals surface area contributed by atoms with E-state index in [2.05, 4.69) is 21.9 Å². The second-order valence-corrected chi connectivity index (χ2v) is 9.38. The molecule has 0 amide bonds. The number of morpholine rings is 1. The largest absolute Gasteiger partial charge is 0.433 e. The molecule has 1 aliphatic heterocycles. The summed E-state index contributed by atoms with van der Waals surface area (Å²) in [5.74, 6) is 2.65. The third-order valence-corrected chi connectivity index (χ3v) is 7.02. The van der Waals surface area contributed by atoms with Crippen molar-refractivity contribution in [3.8, 4) is 11.5 Å². The molecule has 9 heteroatoms. The summed E-state index contributed by atoms with van der Waals surface area (Å²) in [6, 6.07) is 5.00. The van der Waals surface area contributed by atoms with Gasteiger partial charge in [-0.05, 0) is 57.6 Å². The van der Waals surface area contributed by atoms with E-state index in [0.29, 0.717) is 29.8 Å². The lowest BCUT2D eigenvalue weighted by Gasteiger charge is -2.38. The number of fused-ring (bicyclic) bond motifs is 1. The van der Waals surface area contributed by atoms with Gasteiger partial charge < -0.3 is 4.74 Å². The van der Waals surface area contributed by atoms with Crippen LogP contribution in [-0.2, 0) is 10.9 Å². The van der Waals surface area contributed by atoms with Crippen molar-refractivity contribution in [2.24, 2.45) is 11.8 Å². The van der Waals surface area contributed by atoms with E-state index in [0.717, 1.165) is 44.5 Å². The molecule has 2 aliphatic carbocycles. The molecule has 3 heterocycles. The highest BCUT2D eigenvalue weighted by Crippen LogP contribution is 2.63. The predicted molar refractivity (Wildman–Crippen MR) is 108 cm³/mol. The first kappa shape index (κ1) is 20.9. The van der Waals surface area contributed by atoms with E-state index < -0.39 is 11.9 Å². The zero-order valence-electron chi connectivity index (χ0n) is 18.0. The van der Waals surface area contributed by atoms with E-state index in [1.807, 2.05) is 18.5 Å². The fourth-order valence-electron chi connectivity index (χ4n) is 5.52. The van der Waals surface area contributed by atoms with Crippen LogP contribution in [0.15, 0.2) is 18.2 Å². The molecule has 3 aliphatic rings. The van der Waals surface area contributed by atoms with Crippen molar-refractivity contribution >= 4 is 0 Å². The SMILES string of the molecule is CC(C)n1nc(-c2cccc(C(F)(F)F)n2)nc1C1[C@H]2CC(N3CCOC[C@H]3C)C[C@@H]12. The zero-order chi connectivity index (χ0) is 21.9. The van der Waals surface area contributed by atoms with Crippen molar-refractivity contribution in [3.05, 3.63) is 29.7 Å². The molecule has 0 radical (unpaired) electrons. The summed E-state index contributed by atoms with van der Waals surface area (Å²) >= 11 is 0. The maximum absolute atomic E-state index is 13.1. The number of hydrogen-bond acceptors (Lipinski definition) is 5. The molecule has 2 unspecified atom stereocenters. The molecule has 2 aromatic rings. The quantitative estimate of drug-likeness (QED) is 0.722. The molecule has 168 valence electrons. The normalized spacial score (nSPS) is 31.3.